The first kappa shape index (κ1) is 17.5. The third-order valence-electron chi connectivity index (χ3n) is 3.17. The normalized spacial score (nSPS) is 10.4. The molecule has 0 aliphatic rings. The van der Waals surface area contributed by atoms with E-state index in [1.54, 1.807) is 24.3 Å². The molecule has 0 aliphatic heterocycles. The molecule has 5 nitrogen and oxygen atoms in total. The number of carbonyl (C=O) groups excluding carboxylic acids is 1. The Bertz CT molecular complexity index is 703. The lowest BCUT2D eigenvalue weighted by Gasteiger charge is -2.14. The Hall–Kier alpha value is -2.83. The minimum atomic E-state index is -2.94. The highest BCUT2D eigenvalue weighted by Gasteiger charge is 2.16. The quantitative estimate of drug-likeness (QED) is 0.721. The number of para-hydroxylation sites is 1. The van der Waals surface area contributed by atoms with Gasteiger partial charge in [0.15, 0.2) is 0 Å². The molecule has 0 aliphatic carbocycles. The summed E-state index contributed by atoms with van der Waals surface area (Å²) in [7, 11) is 2.73. The van der Waals surface area contributed by atoms with Crippen LogP contribution in [-0.2, 0) is 11.3 Å². The van der Waals surface area contributed by atoms with E-state index < -0.39 is 12.6 Å². The molecule has 0 saturated carbocycles. The number of hydrogen-bond acceptors (Lipinski definition) is 5. The van der Waals surface area contributed by atoms with E-state index in [9.17, 15) is 13.6 Å². The average Bonchev–Trinajstić information content (AvgIpc) is 2.59. The summed E-state index contributed by atoms with van der Waals surface area (Å²) in [6, 6.07) is 10.9. The summed E-state index contributed by atoms with van der Waals surface area (Å²) in [4.78, 5) is 11.8. The van der Waals surface area contributed by atoms with Crippen molar-refractivity contribution < 1.29 is 32.5 Å². The molecule has 7 heteroatoms. The molecule has 0 fully saturated rings. The number of benzene rings is 2. The molecule has 128 valence electrons. The van der Waals surface area contributed by atoms with Crippen LogP contribution in [0, 0.1) is 0 Å². The molecular weight excluding hydrogens is 322 g/mol. The average molecular weight is 338 g/mol. The molecule has 0 amide bonds. The molecule has 0 bridgehead atoms. The lowest BCUT2D eigenvalue weighted by Crippen LogP contribution is -2.08. The third kappa shape index (κ3) is 4.34. The molecule has 24 heavy (non-hydrogen) atoms. The molecule has 0 N–H and O–H groups in total. The van der Waals surface area contributed by atoms with Crippen molar-refractivity contribution in [2.45, 2.75) is 13.2 Å². The Labute approximate surface area is 137 Å². The van der Waals surface area contributed by atoms with Gasteiger partial charge < -0.3 is 18.9 Å². The molecule has 0 heterocycles. The SMILES string of the molecule is COC(=O)c1ccc(OC)cc1OCc1ccccc1OC(F)F. The van der Waals surface area contributed by atoms with Crippen molar-refractivity contribution in [2.24, 2.45) is 0 Å². The Morgan fingerprint density at radius 3 is 2.50 bits per heavy atom. The van der Waals surface area contributed by atoms with Crippen LogP contribution in [0.4, 0.5) is 8.78 Å². The summed E-state index contributed by atoms with van der Waals surface area (Å²) in [5, 5.41) is 0. The maximum atomic E-state index is 12.4. The van der Waals surface area contributed by atoms with Gasteiger partial charge in [0.25, 0.3) is 0 Å². The smallest absolute Gasteiger partial charge is 0.387 e. The Kier molecular flexibility index (Phi) is 5.95. The van der Waals surface area contributed by atoms with E-state index in [-0.39, 0.29) is 23.7 Å². The fourth-order valence-electron chi connectivity index (χ4n) is 2.02. The Morgan fingerprint density at radius 1 is 1.08 bits per heavy atom. The monoisotopic (exact) mass is 338 g/mol. The summed E-state index contributed by atoms with van der Waals surface area (Å²) in [5.74, 6) is 0.127. The van der Waals surface area contributed by atoms with Crippen molar-refractivity contribution in [1.29, 1.82) is 0 Å². The molecule has 0 unspecified atom stereocenters. The highest BCUT2D eigenvalue weighted by molar-refractivity contribution is 5.92. The summed E-state index contributed by atoms with van der Waals surface area (Å²) < 4.78 is 44.7. The summed E-state index contributed by atoms with van der Waals surface area (Å²) in [6.07, 6.45) is 0. The number of esters is 1. The zero-order valence-corrected chi connectivity index (χ0v) is 13.1. The lowest BCUT2D eigenvalue weighted by atomic mass is 10.2. The van der Waals surface area contributed by atoms with E-state index in [1.807, 2.05) is 0 Å². The van der Waals surface area contributed by atoms with E-state index >= 15 is 0 Å². The first-order valence-electron chi connectivity index (χ1n) is 6.97. The van der Waals surface area contributed by atoms with E-state index in [0.29, 0.717) is 11.3 Å². The summed E-state index contributed by atoms with van der Waals surface area (Å²) in [5.41, 5.74) is 0.613. The molecule has 0 aromatic heterocycles. The number of methoxy groups -OCH3 is 2. The molecule has 2 aromatic rings. The molecule has 0 atom stereocenters. The van der Waals surface area contributed by atoms with Crippen molar-refractivity contribution in [2.75, 3.05) is 14.2 Å². The lowest BCUT2D eigenvalue weighted by molar-refractivity contribution is -0.0508. The number of ether oxygens (including phenoxy) is 4. The number of hydrogen-bond donors (Lipinski definition) is 0. The first-order valence-corrected chi connectivity index (χ1v) is 6.97. The van der Waals surface area contributed by atoms with Crippen LogP contribution in [0.3, 0.4) is 0 Å². The Balaban J connectivity index is 2.24. The fraction of sp³-hybridized carbons (Fsp3) is 0.235. The second-order valence-electron chi connectivity index (χ2n) is 4.63. The van der Waals surface area contributed by atoms with Gasteiger partial charge in [-0.1, -0.05) is 18.2 Å². The zero-order valence-electron chi connectivity index (χ0n) is 13.1. The van der Waals surface area contributed by atoms with Gasteiger partial charge >= 0.3 is 12.6 Å². The van der Waals surface area contributed by atoms with Crippen LogP contribution in [0.5, 0.6) is 17.2 Å². The first-order chi connectivity index (χ1) is 11.5. The van der Waals surface area contributed by atoms with Gasteiger partial charge in [0, 0.05) is 11.6 Å². The van der Waals surface area contributed by atoms with E-state index in [4.69, 9.17) is 14.2 Å². The standard InChI is InChI=1S/C17H16F2O5/c1-21-12-7-8-13(16(20)22-2)15(9-12)23-10-11-5-3-4-6-14(11)24-17(18)19/h3-9,17H,10H2,1-2H3. The number of alkyl halides is 2. The summed E-state index contributed by atoms with van der Waals surface area (Å²) >= 11 is 0. The van der Waals surface area contributed by atoms with Gasteiger partial charge in [-0.05, 0) is 18.2 Å². The van der Waals surface area contributed by atoms with Crippen LogP contribution in [0.25, 0.3) is 0 Å². The Morgan fingerprint density at radius 2 is 1.83 bits per heavy atom. The molecule has 2 aromatic carbocycles. The van der Waals surface area contributed by atoms with Crippen LogP contribution in [-0.4, -0.2) is 26.8 Å². The van der Waals surface area contributed by atoms with Gasteiger partial charge in [0.2, 0.25) is 0 Å². The van der Waals surface area contributed by atoms with Gasteiger partial charge in [-0.3, -0.25) is 0 Å². The second kappa shape index (κ2) is 8.14. The van der Waals surface area contributed by atoms with Gasteiger partial charge in [0.05, 0.1) is 14.2 Å². The van der Waals surface area contributed by atoms with Gasteiger partial charge in [-0.25, -0.2) is 4.79 Å². The van der Waals surface area contributed by atoms with E-state index in [1.165, 1.54) is 32.4 Å². The fourth-order valence-corrected chi connectivity index (χ4v) is 2.02. The van der Waals surface area contributed by atoms with Crippen LogP contribution < -0.4 is 14.2 Å². The number of halogens is 2. The summed E-state index contributed by atoms with van der Waals surface area (Å²) in [6.45, 7) is -3.01. The van der Waals surface area contributed by atoms with Crippen molar-refractivity contribution >= 4 is 5.97 Å². The van der Waals surface area contributed by atoms with Gasteiger partial charge in [0.1, 0.15) is 29.4 Å². The van der Waals surface area contributed by atoms with Crippen LogP contribution in [0.15, 0.2) is 42.5 Å². The molecule has 0 spiro atoms. The van der Waals surface area contributed by atoms with Crippen molar-refractivity contribution in [1.82, 2.24) is 0 Å². The van der Waals surface area contributed by atoms with Crippen LogP contribution in [0.2, 0.25) is 0 Å². The zero-order chi connectivity index (χ0) is 17.5. The van der Waals surface area contributed by atoms with Crippen molar-refractivity contribution in [3.8, 4) is 17.2 Å². The second-order valence-corrected chi connectivity index (χ2v) is 4.63. The third-order valence-corrected chi connectivity index (χ3v) is 3.17. The predicted molar refractivity (Wildman–Crippen MR) is 81.7 cm³/mol. The molecule has 2 rings (SSSR count). The molecular formula is C17H16F2O5. The van der Waals surface area contributed by atoms with Gasteiger partial charge in [-0.2, -0.15) is 8.78 Å². The highest BCUT2D eigenvalue weighted by atomic mass is 19.3. The van der Waals surface area contributed by atoms with Crippen LogP contribution >= 0.6 is 0 Å². The van der Waals surface area contributed by atoms with E-state index in [2.05, 4.69) is 4.74 Å². The minimum absolute atomic E-state index is 0.00927. The number of rotatable bonds is 7. The molecule has 0 radical (unpaired) electrons. The largest absolute Gasteiger partial charge is 0.497 e. The van der Waals surface area contributed by atoms with Gasteiger partial charge in [-0.15, -0.1) is 0 Å². The maximum absolute atomic E-state index is 12.4. The van der Waals surface area contributed by atoms with Crippen LogP contribution in [0.1, 0.15) is 15.9 Å². The highest BCUT2D eigenvalue weighted by Crippen LogP contribution is 2.28. The topological polar surface area (TPSA) is 54.0 Å². The van der Waals surface area contributed by atoms with Crippen molar-refractivity contribution in [3.63, 3.8) is 0 Å². The predicted octanol–water partition coefficient (Wildman–Crippen LogP) is 3.66. The maximum Gasteiger partial charge on any atom is 0.387 e. The molecule has 0 saturated heterocycles. The number of carbonyl (C=O) groups is 1. The minimum Gasteiger partial charge on any atom is -0.497 e. The van der Waals surface area contributed by atoms with Crippen molar-refractivity contribution in [3.05, 3.63) is 53.6 Å². The van der Waals surface area contributed by atoms with E-state index in [0.717, 1.165) is 0 Å².